The van der Waals surface area contributed by atoms with Crippen LogP contribution in [0.5, 0.6) is 11.5 Å². The molecule has 0 radical (unpaired) electrons. The van der Waals surface area contributed by atoms with Crippen LogP contribution in [0.15, 0.2) is 12.1 Å². The highest BCUT2D eigenvalue weighted by Gasteiger charge is 2.33. The lowest BCUT2D eigenvalue weighted by Gasteiger charge is -2.13. The number of fused-ring (bicyclic) bond motifs is 1. The third kappa shape index (κ3) is 1.32. The summed E-state index contributed by atoms with van der Waals surface area (Å²) in [5, 5.41) is 0. The number of nitrogens with zero attached hydrogens (tertiary/aromatic N) is 1. The fourth-order valence-corrected chi connectivity index (χ4v) is 1.88. The van der Waals surface area contributed by atoms with Crippen molar-refractivity contribution in [1.82, 2.24) is 0 Å². The summed E-state index contributed by atoms with van der Waals surface area (Å²) < 4.78 is 10.3. The Morgan fingerprint density at radius 3 is 2.38 bits per heavy atom. The van der Waals surface area contributed by atoms with Crippen LogP contribution in [-0.2, 0) is 4.79 Å². The molecule has 86 valence electrons. The summed E-state index contributed by atoms with van der Waals surface area (Å²) in [5.74, 6) is 1.06. The van der Waals surface area contributed by atoms with Crippen molar-refractivity contribution < 1.29 is 14.3 Å². The molecule has 1 atom stereocenters. The molecule has 1 aromatic carbocycles. The molecule has 0 aromatic heterocycles. The number of ether oxygens (including phenoxy) is 2. The van der Waals surface area contributed by atoms with Crippen LogP contribution >= 0.6 is 0 Å². The van der Waals surface area contributed by atoms with Crippen LogP contribution in [0.2, 0.25) is 0 Å². The van der Waals surface area contributed by atoms with Crippen molar-refractivity contribution >= 4 is 11.6 Å². The van der Waals surface area contributed by atoms with Gasteiger partial charge in [0, 0.05) is 18.7 Å². The van der Waals surface area contributed by atoms with Gasteiger partial charge in [-0.3, -0.25) is 4.79 Å². The molecule has 1 heterocycles. The van der Waals surface area contributed by atoms with Crippen LogP contribution in [0.1, 0.15) is 11.6 Å². The molecule has 1 amide bonds. The lowest BCUT2D eigenvalue weighted by molar-refractivity contribution is -0.118. The van der Waals surface area contributed by atoms with E-state index in [1.807, 2.05) is 0 Å². The van der Waals surface area contributed by atoms with E-state index in [9.17, 15) is 4.79 Å². The van der Waals surface area contributed by atoms with Gasteiger partial charge in [-0.15, -0.1) is 0 Å². The molecule has 2 N–H and O–H groups in total. The molecule has 1 aliphatic heterocycles. The van der Waals surface area contributed by atoms with Gasteiger partial charge in [-0.1, -0.05) is 0 Å². The summed E-state index contributed by atoms with van der Waals surface area (Å²) in [6.45, 7) is 0. The molecule has 1 aromatic rings. The Hall–Kier alpha value is -1.75. The maximum atomic E-state index is 11.7. The minimum Gasteiger partial charge on any atom is -0.493 e. The molecule has 5 nitrogen and oxygen atoms in total. The van der Waals surface area contributed by atoms with E-state index in [1.54, 1.807) is 33.4 Å². The summed E-state index contributed by atoms with van der Waals surface area (Å²) in [7, 11) is 4.80. The van der Waals surface area contributed by atoms with Gasteiger partial charge in [0.1, 0.15) is 6.04 Å². The molecular formula is C11H14N2O3. The molecule has 1 aliphatic rings. The summed E-state index contributed by atoms with van der Waals surface area (Å²) in [6.07, 6.45) is 0. The number of hydrogen-bond acceptors (Lipinski definition) is 4. The maximum Gasteiger partial charge on any atom is 0.248 e. The first kappa shape index (κ1) is 10.8. The lowest BCUT2D eigenvalue weighted by atomic mass is 10.1. The fourth-order valence-electron chi connectivity index (χ4n) is 1.88. The van der Waals surface area contributed by atoms with Crippen molar-refractivity contribution in [3.63, 3.8) is 0 Å². The maximum absolute atomic E-state index is 11.7. The summed E-state index contributed by atoms with van der Waals surface area (Å²) >= 11 is 0. The molecular weight excluding hydrogens is 208 g/mol. The van der Waals surface area contributed by atoms with Crippen LogP contribution < -0.4 is 20.1 Å². The normalized spacial score (nSPS) is 18.6. The zero-order chi connectivity index (χ0) is 11.9. The summed E-state index contributed by atoms with van der Waals surface area (Å²) in [4.78, 5) is 13.2. The highest BCUT2D eigenvalue weighted by Crippen LogP contribution is 2.41. The Balaban J connectivity index is 2.59. The first-order valence-electron chi connectivity index (χ1n) is 4.89. The Labute approximate surface area is 93.7 Å². The van der Waals surface area contributed by atoms with Gasteiger partial charge in [0.15, 0.2) is 11.5 Å². The summed E-state index contributed by atoms with van der Waals surface area (Å²) in [5.41, 5.74) is 7.35. The highest BCUT2D eigenvalue weighted by molar-refractivity contribution is 6.04. The second-order valence-corrected chi connectivity index (χ2v) is 3.64. The Bertz CT molecular complexity index is 406. The van der Waals surface area contributed by atoms with Crippen molar-refractivity contribution in [1.29, 1.82) is 0 Å². The Morgan fingerprint density at radius 1 is 1.25 bits per heavy atom. The van der Waals surface area contributed by atoms with Gasteiger partial charge in [-0.05, 0) is 6.07 Å². The van der Waals surface area contributed by atoms with E-state index < -0.39 is 6.04 Å². The number of anilines is 1. The largest absolute Gasteiger partial charge is 0.493 e. The van der Waals surface area contributed by atoms with Gasteiger partial charge in [0.05, 0.1) is 19.9 Å². The van der Waals surface area contributed by atoms with Crippen molar-refractivity contribution in [2.75, 3.05) is 26.2 Å². The summed E-state index contributed by atoms with van der Waals surface area (Å²) in [6, 6.07) is 2.90. The molecule has 2 rings (SSSR count). The molecule has 0 fully saturated rings. The van der Waals surface area contributed by atoms with Crippen molar-refractivity contribution in [2.24, 2.45) is 5.73 Å². The number of hydrogen-bond donors (Lipinski definition) is 1. The molecule has 0 spiro atoms. The van der Waals surface area contributed by atoms with Crippen LogP contribution in [0.25, 0.3) is 0 Å². The first-order chi connectivity index (χ1) is 7.60. The van der Waals surface area contributed by atoms with E-state index in [0.717, 1.165) is 11.3 Å². The van der Waals surface area contributed by atoms with Crippen molar-refractivity contribution in [3.05, 3.63) is 17.7 Å². The van der Waals surface area contributed by atoms with E-state index in [-0.39, 0.29) is 5.91 Å². The Kier molecular flexibility index (Phi) is 2.47. The number of benzene rings is 1. The number of amides is 1. The highest BCUT2D eigenvalue weighted by atomic mass is 16.5. The molecule has 1 unspecified atom stereocenters. The molecule has 0 aliphatic carbocycles. The zero-order valence-electron chi connectivity index (χ0n) is 9.48. The fraction of sp³-hybridized carbons (Fsp3) is 0.364. The molecule has 0 saturated heterocycles. The van der Waals surface area contributed by atoms with Crippen molar-refractivity contribution in [3.8, 4) is 11.5 Å². The third-order valence-corrected chi connectivity index (χ3v) is 2.83. The minimum absolute atomic E-state index is 0.120. The predicted molar refractivity (Wildman–Crippen MR) is 59.9 cm³/mol. The van der Waals surface area contributed by atoms with Gasteiger partial charge >= 0.3 is 0 Å². The second-order valence-electron chi connectivity index (χ2n) is 3.64. The minimum atomic E-state index is -0.611. The van der Waals surface area contributed by atoms with Crippen LogP contribution in [0.4, 0.5) is 5.69 Å². The topological polar surface area (TPSA) is 64.8 Å². The first-order valence-corrected chi connectivity index (χ1v) is 4.89. The van der Waals surface area contributed by atoms with E-state index >= 15 is 0 Å². The number of nitrogens with two attached hydrogens (primary N) is 1. The van der Waals surface area contributed by atoms with Gasteiger partial charge < -0.3 is 20.1 Å². The van der Waals surface area contributed by atoms with Gasteiger partial charge in [0.25, 0.3) is 0 Å². The zero-order valence-corrected chi connectivity index (χ0v) is 9.48. The standard InChI is InChI=1S/C11H14N2O3/c1-13-7-5-9(16-3)8(15-2)4-6(7)10(12)11(13)14/h4-5,10H,12H2,1-3H3. The van der Waals surface area contributed by atoms with Gasteiger partial charge in [-0.2, -0.15) is 0 Å². The number of rotatable bonds is 2. The molecule has 0 bridgehead atoms. The van der Waals surface area contributed by atoms with Crippen LogP contribution in [-0.4, -0.2) is 27.2 Å². The number of methoxy groups -OCH3 is 2. The number of likely N-dealkylation sites (N-methyl/N-ethyl adjacent to an activating group) is 1. The Morgan fingerprint density at radius 2 is 1.81 bits per heavy atom. The van der Waals surface area contributed by atoms with Crippen molar-refractivity contribution in [2.45, 2.75) is 6.04 Å². The van der Waals surface area contributed by atoms with Crippen LogP contribution in [0, 0.1) is 0 Å². The van der Waals surface area contributed by atoms with E-state index in [2.05, 4.69) is 0 Å². The third-order valence-electron chi connectivity index (χ3n) is 2.83. The molecule has 5 heteroatoms. The number of carbonyl (C=O) groups excluding carboxylic acids is 1. The average Bonchev–Trinajstić information content (AvgIpc) is 2.52. The molecule has 0 saturated carbocycles. The second kappa shape index (κ2) is 3.68. The van der Waals surface area contributed by atoms with Gasteiger partial charge in [-0.25, -0.2) is 0 Å². The average molecular weight is 222 g/mol. The van der Waals surface area contributed by atoms with E-state index in [1.165, 1.54) is 4.90 Å². The quantitative estimate of drug-likeness (QED) is 0.799. The van der Waals surface area contributed by atoms with Gasteiger partial charge in [0.2, 0.25) is 5.91 Å². The predicted octanol–water partition coefficient (Wildman–Crippen LogP) is 0.680. The lowest BCUT2D eigenvalue weighted by Crippen LogP contribution is -2.27. The van der Waals surface area contributed by atoms with E-state index in [4.69, 9.17) is 15.2 Å². The monoisotopic (exact) mass is 222 g/mol. The van der Waals surface area contributed by atoms with Crippen LogP contribution in [0.3, 0.4) is 0 Å². The number of carbonyl (C=O) groups is 1. The van der Waals surface area contributed by atoms with E-state index in [0.29, 0.717) is 11.5 Å². The smallest absolute Gasteiger partial charge is 0.248 e. The molecule has 16 heavy (non-hydrogen) atoms. The SMILES string of the molecule is COc1cc2c(cc1OC)N(C)C(=O)C2N.